The third kappa shape index (κ3) is 6.52. The quantitative estimate of drug-likeness (QED) is 0.130. The van der Waals surface area contributed by atoms with E-state index in [0.717, 1.165) is 90.3 Å². The molecule has 0 spiro atoms. The van der Waals surface area contributed by atoms with Gasteiger partial charge < -0.3 is 14.2 Å². The van der Waals surface area contributed by atoms with E-state index >= 15 is 0 Å². The van der Waals surface area contributed by atoms with Crippen molar-refractivity contribution in [1.82, 2.24) is 19.3 Å². The van der Waals surface area contributed by atoms with Crippen LogP contribution in [0.4, 0.5) is 5.69 Å². The van der Waals surface area contributed by atoms with Gasteiger partial charge in [0.15, 0.2) is 0 Å². The zero-order chi connectivity index (χ0) is 33.8. The molecule has 250 valence electrons. The van der Waals surface area contributed by atoms with Gasteiger partial charge in [-0.2, -0.15) is 0 Å². The fourth-order valence-electron chi connectivity index (χ4n) is 7.07. The normalized spacial score (nSPS) is 15.2. The summed E-state index contributed by atoms with van der Waals surface area (Å²) < 4.78 is 8.99. The van der Waals surface area contributed by atoms with Crippen LogP contribution in [0.3, 0.4) is 0 Å². The zero-order valence-electron chi connectivity index (χ0n) is 28.6. The van der Waals surface area contributed by atoms with Crippen molar-refractivity contribution in [2.75, 3.05) is 70.3 Å². The van der Waals surface area contributed by atoms with Gasteiger partial charge in [-0.25, -0.2) is 4.58 Å². The van der Waals surface area contributed by atoms with Gasteiger partial charge in [-0.05, 0) is 70.5 Å². The number of rotatable bonds is 11. The summed E-state index contributed by atoms with van der Waals surface area (Å²) in [6, 6.07) is 20.8. The number of piperazine rings is 1. The summed E-state index contributed by atoms with van der Waals surface area (Å²) in [5, 5.41) is 2.09. The molecule has 2 aromatic carbocycles. The molecule has 3 heterocycles. The lowest BCUT2D eigenvalue weighted by atomic mass is 9.90. The van der Waals surface area contributed by atoms with Gasteiger partial charge in [-0.15, -0.1) is 0 Å². The highest BCUT2D eigenvalue weighted by molar-refractivity contribution is 6.13. The molecule has 0 N–H and O–H groups in total. The van der Waals surface area contributed by atoms with E-state index in [4.69, 9.17) is 4.42 Å². The van der Waals surface area contributed by atoms with E-state index in [1.165, 1.54) is 17.1 Å². The maximum atomic E-state index is 14.3. The number of hydrogen-bond acceptors (Lipinski definition) is 6. The zero-order valence-corrected chi connectivity index (χ0v) is 28.6. The molecule has 1 saturated heterocycles. The smallest absolute Gasteiger partial charge is 0.254 e. The van der Waals surface area contributed by atoms with Crippen LogP contribution in [-0.2, 0) is 9.59 Å². The van der Waals surface area contributed by atoms with E-state index in [-0.39, 0.29) is 17.7 Å². The minimum Gasteiger partial charge on any atom is -0.456 e. The molecule has 0 atom stereocenters. The van der Waals surface area contributed by atoms with E-state index in [9.17, 15) is 14.4 Å². The third-order valence-electron chi connectivity index (χ3n) is 9.79. The topological polar surface area (TPSA) is 80.3 Å². The van der Waals surface area contributed by atoms with Crippen molar-refractivity contribution in [3.05, 3.63) is 83.7 Å². The Kier molecular flexibility index (Phi) is 10.1. The van der Waals surface area contributed by atoms with Crippen LogP contribution in [0.15, 0.2) is 77.2 Å². The van der Waals surface area contributed by atoms with Crippen LogP contribution in [0.5, 0.6) is 0 Å². The second-order valence-electron chi connectivity index (χ2n) is 12.4. The van der Waals surface area contributed by atoms with E-state index in [1.54, 1.807) is 0 Å². The summed E-state index contributed by atoms with van der Waals surface area (Å²) in [4.78, 5) is 45.9. The molecular formula is C39H46N5O4+. The van der Waals surface area contributed by atoms with Gasteiger partial charge in [-0.3, -0.25) is 24.2 Å². The molecule has 0 saturated carbocycles. The number of carbonyl (C=O) groups is 3. The lowest BCUT2D eigenvalue weighted by Crippen LogP contribution is -2.49. The number of amides is 3. The molecule has 3 amide bonds. The molecule has 0 aromatic heterocycles. The van der Waals surface area contributed by atoms with Gasteiger partial charge in [0, 0.05) is 97.9 Å². The number of hydrogen-bond donors (Lipinski definition) is 0. The highest BCUT2D eigenvalue weighted by atomic mass is 16.3. The van der Waals surface area contributed by atoms with Crippen LogP contribution in [0.1, 0.15) is 44.5 Å². The second kappa shape index (κ2) is 14.6. The summed E-state index contributed by atoms with van der Waals surface area (Å²) in [5.41, 5.74) is 5.46. The Hall–Kier alpha value is -4.76. The molecule has 2 aromatic rings. The van der Waals surface area contributed by atoms with Crippen LogP contribution in [0.2, 0.25) is 0 Å². The lowest BCUT2D eigenvalue weighted by molar-refractivity contribution is -0.136. The molecule has 9 heteroatoms. The SMILES string of the molecule is CCN(CC)c1ccc2c(-c3ccccc3C(=O)N3CCN(CCCN4C(=O)C=CC4=O)CC3)c3ccc(=[N+](CC)CC)cc-3oc2c1. The molecule has 0 unspecified atom stereocenters. The van der Waals surface area contributed by atoms with Gasteiger partial charge in [0.05, 0.1) is 6.07 Å². The Morgan fingerprint density at radius 3 is 2.21 bits per heavy atom. The van der Waals surface area contributed by atoms with Crippen molar-refractivity contribution < 1.29 is 18.8 Å². The number of carbonyl (C=O) groups excluding carboxylic acids is 3. The Morgan fingerprint density at radius 1 is 0.812 bits per heavy atom. The molecule has 48 heavy (non-hydrogen) atoms. The number of benzene rings is 3. The minimum atomic E-state index is -0.240. The summed E-state index contributed by atoms with van der Waals surface area (Å²) in [7, 11) is 0. The Morgan fingerprint density at radius 2 is 1.52 bits per heavy atom. The fourth-order valence-corrected chi connectivity index (χ4v) is 7.07. The van der Waals surface area contributed by atoms with Gasteiger partial charge in [0.1, 0.15) is 24.4 Å². The molecule has 1 aliphatic carbocycles. The van der Waals surface area contributed by atoms with Crippen molar-refractivity contribution in [3.8, 4) is 22.5 Å². The molecule has 6 rings (SSSR count). The molecule has 9 nitrogen and oxygen atoms in total. The Balaban J connectivity index is 1.32. The average Bonchev–Trinajstić information content (AvgIpc) is 3.44. The van der Waals surface area contributed by atoms with Crippen LogP contribution in [0.25, 0.3) is 33.4 Å². The van der Waals surface area contributed by atoms with Crippen molar-refractivity contribution in [1.29, 1.82) is 0 Å². The molecule has 1 fully saturated rings. The highest BCUT2D eigenvalue weighted by Crippen LogP contribution is 2.42. The van der Waals surface area contributed by atoms with E-state index in [2.05, 4.69) is 84.5 Å². The minimum absolute atomic E-state index is 0.0196. The summed E-state index contributed by atoms with van der Waals surface area (Å²) >= 11 is 0. The summed E-state index contributed by atoms with van der Waals surface area (Å²) in [6.45, 7) is 16.1. The highest BCUT2D eigenvalue weighted by Gasteiger charge is 2.28. The van der Waals surface area contributed by atoms with E-state index in [0.29, 0.717) is 31.6 Å². The number of fused-ring (bicyclic) bond motifs is 2. The Bertz CT molecular complexity index is 1870. The van der Waals surface area contributed by atoms with Crippen molar-refractivity contribution in [2.45, 2.75) is 34.1 Å². The van der Waals surface area contributed by atoms with Crippen LogP contribution >= 0.6 is 0 Å². The summed E-state index contributed by atoms with van der Waals surface area (Å²) in [6.07, 6.45) is 3.36. The van der Waals surface area contributed by atoms with Gasteiger partial charge in [-0.1, -0.05) is 18.2 Å². The first kappa shape index (κ1) is 33.2. The fraction of sp³-hybridized carbons (Fsp3) is 0.385. The summed E-state index contributed by atoms with van der Waals surface area (Å²) in [5.74, 6) is 0.333. The van der Waals surface area contributed by atoms with Crippen molar-refractivity contribution in [3.63, 3.8) is 0 Å². The van der Waals surface area contributed by atoms with Crippen LogP contribution in [0, 0.1) is 0 Å². The molecule has 0 bridgehead atoms. The number of nitrogens with zero attached hydrogens (tertiary/aromatic N) is 5. The largest absolute Gasteiger partial charge is 0.456 e. The van der Waals surface area contributed by atoms with Crippen LogP contribution in [-0.4, -0.2) is 97.9 Å². The number of imide groups is 1. The standard InChI is InChI=1S/C39H46N5O4/c1-5-41(6-2)28-14-16-32-34(26-28)48-35-27-29(42(7-3)8-4)15-17-33(35)38(32)30-12-9-10-13-31(30)39(47)43-24-22-40(23-25-43)20-11-21-44-36(45)18-19-37(44)46/h9-10,12-19,26-27H,5-8,11,20-25H2,1-4H3/q+1. The third-order valence-corrected chi connectivity index (χ3v) is 9.79. The maximum Gasteiger partial charge on any atom is 0.254 e. The predicted molar refractivity (Wildman–Crippen MR) is 191 cm³/mol. The molecule has 0 radical (unpaired) electrons. The van der Waals surface area contributed by atoms with E-state index in [1.807, 2.05) is 23.1 Å². The second-order valence-corrected chi connectivity index (χ2v) is 12.4. The number of anilines is 1. The molecule has 3 aliphatic heterocycles. The first-order valence-corrected chi connectivity index (χ1v) is 17.3. The molecular weight excluding hydrogens is 602 g/mol. The van der Waals surface area contributed by atoms with E-state index < -0.39 is 0 Å². The molecule has 4 aliphatic rings. The maximum absolute atomic E-state index is 14.3. The Labute approximate surface area is 282 Å². The first-order valence-electron chi connectivity index (χ1n) is 17.3. The first-order chi connectivity index (χ1) is 23.4. The van der Waals surface area contributed by atoms with Crippen LogP contribution < -0.4 is 14.8 Å². The average molecular weight is 649 g/mol. The van der Waals surface area contributed by atoms with Crippen molar-refractivity contribution >= 4 is 34.4 Å². The lowest BCUT2D eigenvalue weighted by Gasteiger charge is -2.35. The van der Waals surface area contributed by atoms with Crippen molar-refractivity contribution in [2.24, 2.45) is 0 Å². The van der Waals surface area contributed by atoms with Gasteiger partial charge in [0.2, 0.25) is 5.36 Å². The predicted octanol–water partition coefficient (Wildman–Crippen LogP) is 4.94. The van der Waals surface area contributed by atoms with Gasteiger partial charge in [0.25, 0.3) is 17.7 Å². The van der Waals surface area contributed by atoms with Gasteiger partial charge >= 0.3 is 0 Å². The monoisotopic (exact) mass is 648 g/mol.